The first-order valence-corrected chi connectivity index (χ1v) is 11.8. The predicted octanol–water partition coefficient (Wildman–Crippen LogP) is 7.26. The highest BCUT2D eigenvalue weighted by Crippen LogP contribution is 2.36. The number of hydrogen-bond acceptors (Lipinski definition) is 4. The third kappa shape index (κ3) is 5.19. The Balaban J connectivity index is 1.54. The van der Waals surface area contributed by atoms with E-state index in [2.05, 4.69) is 50.7 Å². The van der Waals surface area contributed by atoms with Crippen LogP contribution >= 0.6 is 31.9 Å². The Kier molecular flexibility index (Phi) is 6.92. The van der Waals surface area contributed by atoms with Crippen molar-refractivity contribution in [2.45, 2.75) is 26.4 Å². The van der Waals surface area contributed by atoms with Gasteiger partial charge in [-0.25, -0.2) is 9.79 Å². The molecule has 0 saturated carbocycles. The van der Waals surface area contributed by atoms with Crippen molar-refractivity contribution in [1.82, 2.24) is 0 Å². The van der Waals surface area contributed by atoms with E-state index in [-0.39, 0.29) is 5.70 Å². The number of carbonyl (C=O) groups excluding carboxylic acids is 1. The number of cyclic esters (lactones) is 1. The molecular weight excluding hydrogens is 534 g/mol. The van der Waals surface area contributed by atoms with Crippen LogP contribution in [0, 0.1) is 0 Å². The van der Waals surface area contributed by atoms with E-state index in [1.807, 2.05) is 66.7 Å². The fraction of sp³-hybridized carbons (Fsp3) is 0.154. The number of ether oxygens (including phenoxy) is 2. The van der Waals surface area contributed by atoms with Gasteiger partial charge in [-0.05, 0) is 84.8 Å². The highest BCUT2D eigenvalue weighted by Gasteiger charge is 2.24. The summed E-state index contributed by atoms with van der Waals surface area (Å²) >= 11 is 7.13. The summed E-state index contributed by atoms with van der Waals surface area (Å²) in [5, 5.41) is 0. The monoisotopic (exact) mass is 553 g/mol. The minimum Gasteiger partial charge on any atom is -0.487 e. The number of halogens is 2. The molecule has 1 aliphatic heterocycles. The largest absolute Gasteiger partial charge is 0.487 e. The maximum atomic E-state index is 12.4. The number of benzene rings is 3. The van der Waals surface area contributed by atoms with Crippen molar-refractivity contribution in [3.05, 3.63) is 104 Å². The lowest BCUT2D eigenvalue weighted by Gasteiger charge is -2.11. The van der Waals surface area contributed by atoms with Crippen molar-refractivity contribution in [1.29, 1.82) is 0 Å². The number of aliphatic imine (C=N–C) groups is 1. The zero-order valence-electron chi connectivity index (χ0n) is 17.6. The Morgan fingerprint density at radius 1 is 1.00 bits per heavy atom. The SMILES string of the molecule is CC(C)c1ccc(C2=N/C(=C\c3cc(Br)c(OCc4ccccc4)c(Br)c3)C(=O)O2)cc1. The molecule has 0 spiro atoms. The van der Waals surface area contributed by atoms with Gasteiger partial charge in [0.15, 0.2) is 5.70 Å². The first-order valence-electron chi connectivity index (χ1n) is 10.2. The Hall–Kier alpha value is -2.70. The summed E-state index contributed by atoms with van der Waals surface area (Å²) < 4.78 is 12.9. The first-order chi connectivity index (χ1) is 15.4. The smallest absolute Gasteiger partial charge is 0.363 e. The van der Waals surface area contributed by atoms with Crippen LogP contribution in [0.25, 0.3) is 6.08 Å². The van der Waals surface area contributed by atoms with E-state index in [4.69, 9.17) is 9.47 Å². The Morgan fingerprint density at radius 2 is 1.66 bits per heavy atom. The maximum absolute atomic E-state index is 12.4. The minimum absolute atomic E-state index is 0.254. The molecule has 0 aromatic heterocycles. The highest BCUT2D eigenvalue weighted by molar-refractivity contribution is 9.11. The number of carbonyl (C=O) groups is 1. The van der Waals surface area contributed by atoms with Crippen molar-refractivity contribution < 1.29 is 14.3 Å². The summed E-state index contributed by atoms with van der Waals surface area (Å²) in [5.74, 6) is 0.977. The fourth-order valence-electron chi connectivity index (χ4n) is 3.23. The normalized spacial score (nSPS) is 14.6. The molecule has 0 unspecified atom stereocenters. The van der Waals surface area contributed by atoms with Crippen LogP contribution < -0.4 is 4.74 Å². The molecule has 0 bridgehead atoms. The van der Waals surface area contributed by atoms with Gasteiger partial charge in [-0.3, -0.25) is 0 Å². The second kappa shape index (κ2) is 9.84. The standard InChI is InChI=1S/C26H21Br2NO3/c1-16(2)19-8-10-20(11-9-19)25-29-23(26(30)32-25)14-18-12-21(27)24(22(28)13-18)31-15-17-6-4-3-5-7-17/h3-14,16H,15H2,1-2H3/b23-14-. The number of rotatable bonds is 6. The summed E-state index contributed by atoms with van der Waals surface area (Å²) in [5.41, 5.74) is 4.12. The van der Waals surface area contributed by atoms with Gasteiger partial charge in [0.25, 0.3) is 0 Å². The van der Waals surface area contributed by atoms with Crippen molar-refractivity contribution in [3.8, 4) is 5.75 Å². The molecule has 0 N–H and O–H groups in total. The van der Waals surface area contributed by atoms with E-state index in [1.54, 1.807) is 6.08 Å². The van der Waals surface area contributed by atoms with Crippen LogP contribution in [0.5, 0.6) is 5.75 Å². The van der Waals surface area contributed by atoms with E-state index in [0.717, 1.165) is 25.6 Å². The van der Waals surface area contributed by atoms with Crippen LogP contribution in [0.3, 0.4) is 0 Å². The molecule has 0 aliphatic carbocycles. The molecule has 0 saturated heterocycles. The van der Waals surface area contributed by atoms with Crippen molar-refractivity contribution in [2.75, 3.05) is 0 Å². The lowest BCUT2D eigenvalue weighted by molar-refractivity contribution is -0.129. The molecule has 4 nitrogen and oxygen atoms in total. The van der Waals surface area contributed by atoms with Gasteiger partial charge in [0.1, 0.15) is 12.4 Å². The molecule has 0 fully saturated rings. The summed E-state index contributed by atoms with van der Waals surface area (Å²) in [6.45, 7) is 4.72. The molecule has 6 heteroatoms. The average molecular weight is 555 g/mol. The number of hydrogen-bond donors (Lipinski definition) is 0. The van der Waals surface area contributed by atoms with Gasteiger partial charge < -0.3 is 9.47 Å². The fourth-order valence-corrected chi connectivity index (χ4v) is 4.68. The van der Waals surface area contributed by atoms with Crippen LogP contribution in [-0.4, -0.2) is 11.9 Å². The van der Waals surface area contributed by atoms with E-state index in [9.17, 15) is 4.79 Å². The highest BCUT2D eigenvalue weighted by atomic mass is 79.9. The lowest BCUT2D eigenvalue weighted by atomic mass is 10.0. The Bertz CT molecular complexity index is 1180. The first kappa shape index (κ1) is 22.5. The molecule has 32 heavy (non-hydrogen) atoms. The Labute approximate surface area is 204 Å². The van der Waals surface area contributed by atoms with Gasteiger partial charge in [-0.1, -0.05) is 56.3 Å². The number of esters is 1. The lowest BCUT2D eigenvalue weighted by Crippen LogP contribution is -2.05. The summed E-state index contributed by atoms with van der Waals surface area (Å²) in [4.78, 5) is 16.8. The zero-order valence-corrected chi connectivity index (χ0v) is 20.8. The minimum atomic E-state index is -0.468. The second-order valence-electron chi connectivity index (χ2n) is 7.70. The van der Waals surface area contributed by atoms with E-state index in [0.29, 0.717) is 24.2 Å². The molecule has 3 aromatic carbocycles. The van der Waals surface area contributed by atoms with Crippen LogP contribution in [0.1, 0.15) is 42.0 Å². The third-order valence-electron chi connectivity index (χ3n) is 4.99. The molecule has 0 radical (unpaired) electrons. The van der Waals surface area contributed by atoms with Crippen molar-refractivity contribution >= 4 is 49.8 Å². The second-order valence-corrected chi connectivity index (χ2v) is 9.41. The molecule has 1 heterocycles. The van der Waals surface area contributed by atoms with Crippen LogP contribution in [-0.2, 0) is 16.1 Å². The molecular formula is C26H21Br2NO3. The molecule has 3 aromatic rings. The zero-order chi connectivity index (χ0) is 22.7. The molecule has 0 atom stereocenters. The quantitative estimate of drug-likeness (QED) is 0.238. The average Bonchev–Trinajstić information content (AvgIpc) is 3.14. The number of nitrogens with zero attached hydrogens (tertiary/aromatic N) is 1. The Morgan fingerprint density at radius 3 is 2.28 bits per heavy atom. The van der Waals surface area contributed by atoms with Crippen molar-refractivity contribution in [2.24, 2.45) is 4.99 Å². The molecule has 162 valence electrons. The van der Waals surface area contributed by atoms with Crippen LogP contribution in [0.2, 0.25) is 0 Å². The summed E-state index contributed by atoms with van der Waals surface area (Å²) in [6.07, 6.45) is 1.70. The molecule has 4 rings (SSSR count). The molecule has 0 amide bonds. The van der Waals surface area contributed by atoms with Crippen LogP contribution in [0.15, 0.2) is 86.4 Å². The van der Waals surface area contributed by atoms with Crippen molar-refractivity contribution in [3.63, 3.8) is 0 Å². The predicted molar refractivity (Wildman–Crippen MR) is 134 cm³/mol. The summed E-state index contributed by atoms with van der Waals surface area (Å²) in [7, 11) is 0. The topological polar surface area (TPSA) is 47.9 Å². The maximum Gasteiger partial charge on any atom is 0.363 e. The van der Waals surface area contributed by atoms with Gasteiger partial charge in [-0.2, -0.15) is 0 Å². The summed E-state index contributed by atoms with van der Waals surface area (Å²) in [6, 6.07) is 21.6. The van der Waals surface area contributed by atoms with Gasteiger partial charge in [0.2, 0.25) is 5.90 Å². The van der Waals surface area contributed by atoms with Gasteiger partial charge in [0.05, 0.1) is 8.95 Å². The van der Waals surface area contributed by atoms with Crippen LogP contribution in [0.4, 0.5) is 0 Å². The molecule has 1 aliphatic rings. The van der Waals surface area contributed by atoms with Gasteiger partial charge in [0, 0.05) is 5.56 Å². The van der Waals surface area contributed by atoms with E-state index >= 15 is 0 Å². The van der Waals surface area contributed by atoms with Gasteiger partial charge in [-0.15, -0.1) is 0 Å². The van der Waals surface area contributed by atoms with Gasteiger partial charge >= 0.3 is 5.97 Å². The third-order valence-corrected chi connectivity index (χ3v) is 6.17. The van der Waals surface area contributed by atoms with E-state index in [1.165, 1.54) is 5.56 Å². The van der Waals surface area contributed by atoms with E-state index < -0.39 is 5.97 Å².